The molecule has 0 spiro atoms. The number of sulfonamides is 1. The summed E-state index contributed by atoms with van der Waals surface area (Å²) < 4.78 is 32.8. The number of nitrogens with one attached hydrogen (secondary N) is 1. The molecule has 1 heterocycles. The van der Waals surface area contributed by atoms with Gasteiger partial charge in [-0.1, -0.05) is 6.07 Å². The lowest BCUT2D eigenvalue weighted by atomic mass is 10.0. The van der Waals surface area contributed by atoms with Crippen molar-refractivity contribution >= 4 is 10.0 Å². The number of rotatable bonds is 5. The summed E-state index contributed by atoms with van der Waals surface area (Å²) in [5.74, 6) is 0.245. The third kappa shape index (κ3) is 3.38. The Morgan fingerprint density at radius 1 is 1.50 bits per heavy atom. The minimum Gasteiger partial charge on any atom is -0.381 e. The van der Waals surface area contributed by atoms with Gasteiger partial charge >= 0.3 is 0 Å². The summed E-state index contributed by atoms with van der Waals surface area (Å²) in [6.45, 7) is 5.50. The summed E-state index contributed by atoms with van der Waals surface area (Å²) in [5.41, 5.74) is 7.45. The van der Waals surface area contributed by atoms with E-state index >= 15 is 0 Å². The Balaban J connectivity index is 2.15. The van der Waals surface area contributed by atoms with Gasteiger partial charge in [-0.15, -0.1) is 0 Å². The summed E-state index contributed by atoms with van der Waals surface area (Å²) in [6, 6.07) is 4.92. The number of benzene rings is 1. The first-order chi connectivity index (χ1) is 9.44. The molecule has 1 aliphatic heterocycles. The Labute approximate surface area is 120 Å². The molecule has 2 rings (SSSR count). The van der Waals surface area contributed by atoms with Gasteiger partial charge in [0, 0.05) is 25.1 Å². The van der Waals surface area contributed by atoms with E-state index < -0.39 is 10.0 Å². The fourth-order valence-electron chi connectivity index (χ4n) is 2.42. The molecule has 112 valence electrons. The first-order valence-corrected chi connectivity index (χ1v) is 8.32. The summed E-state index contributed by atoms with van der Waals surface area (Å²) >= 11 is 0. The topological polar surface area (TPSA) is 81.4 Å². The van der Waals surface area contributed by atoms with Crippen LogP contribution in [0.2, 0.25) is 0 Å². The minimum absolute atomic E-state index is 0.128. The zero-order chi connectivity index (χ0) is 14.8. The van der Waals surface area contributed by atoms with Crippen molar-refractivity contribution in [2.24, 2.45) is 11.7 Å². The molecular weight excluding hydrogens is 276 g/mol. The maximum absolute atomic E-state index is 12.4. The lowest BCUT2D eigenvalue weighted by Crippen LogP contribution is -2.38. The van der Waals surface area contributed by atoms with E-state index in [1.54, 1.807) is 18.2 Å². The molecule has 1 aromatic rings. The summed E-state index contributed by atoms with van der Waals surface area (Å²) in [6.07, 6.45) is 0.898. The van der Waals surface area contributed by atoms with E-state index in [1.807, 2.05) is 13.8 Å². The molecule has 0 radical (unpaired) electrons. The second-order valence-corrected chi connectivity index (χ2v) is 7.04. The molecule has 2 unspecified atom stereocenters. The number of ether oxygens (including phenoxy) is 1. The quantitative estimate of drug-likeness (QED) is 0.854. The Hall–Kier alpha value is -0.950. The van der Waals surface area contributed by atoms with Crippen LogP contribution in [-0.2, 0) is 21.3 Å². The predicted molar refractivity (Wildman–Crippen MR) is 77.8 cm³/mol. The van der Waals surface area contributed by atoms with Crippen LogP contribution in [-0.4, -0.2) is 27.7 Å². The highest BCUT2D eigenvalue weighted by Gasteiger charge is 2.26. The first-order valence-electron chi connectivity index (χ1n) is 6.83. The summed E-state index contributed by atoms with van der Waals surface area (Å²) in [7, 11) is -3.49. The fourth-order valence-corrected chi connectivity index (χ4v) is 3.82. The van der Waals surface area contributed by atoms with Crippen molar-refractivity contribution in [3.05, 3.63) is 29.3 Å². The van der Waals surface area contributed by atoms with Crippen molar-refractivity contribution in [1.29, 1.82) is 0 Å². The van der Waals surface area contributed by atoms with E-state index in [-0.39, 0.29) is 16.9 Å². The zero-order valence-corrected chi connectivity index (χ0v) is 12.7. The Morgan fingerprint density at radius 3 is 2.80 bits per heavy atom. The SMILES string of the molecule is Cc1cc(S(=O)(=O)NC(C)C2CCOC2)ccc1CN. The van der Waals surface area contributed by atoms with Gasteiger partial charge in [0.25, 0.3) is 0 Å². The molecule has 0 amide bonds. The number of hydrogen-bond acceptors (Lipinski definition) is 4. The summed E-state index contributed by atoms with van der Waals surface area (Å²) in [5, 5.41) is 0. The molecule has 1 aliphatic rings. The van der Waals surface area contributed by atoms with Crippen molar-refractivity contribution < 1.29 is 13.2 Å². The lowest BCUT2D eigenvalue weighted by molar-refractivity contribution is 0.180. The second kappa shape index (κ2) is 6.22. The van der Waals surface area contributed by atoms with E-state index in [0.717, 1.165) is 17.5 Å². The van der Waals surface area contributed by atoms with Gasteiger partial charge < -0.3 is 10.5 Å². The Morgan fingerprint density at radius 2 is 2.25 bits per heavy atom. The van der Waals surface area contributed by atoms with Crippen LogP contribution in [0.5, 0.6) is 0 Å². The van der Waals surface area contributed by atoms with Gasteiger partial charge in [0.15, 0.2) is 0 Å². The lowest BCUT2D eigenvalue weighted by Gasteiger charge is -2.19. The number of nitrogens with two attached hydrogens (primary N) is 1. The Kier molecular flexibility index (Phi) is 4.80. The smallest absolute Gasteiger partial charge is 0.240 e. The molecule has 0 aliphatic carbocycles. The third-order valence-electron chi connectivity index (χ3n) is 3.86. The van der Waals surface area contributed by atoms with Crippen LogP contribution in [0.25, 0.3) is 0 Å². The molecule has 1 saturated heterocycles. The highest BCUT2D eigenvalue weighted by Crippen LogP contribution is 2.20. The van der Waals surface area contributed by atoms with Crippen molar-refractivity contribution in [3.8, 4) is 0 Å². The van der Waals surface area contributed by atoms with Gasteiger partial charge in [0.1, 0.15) is 0 Å². The van der Waals surface area contributed by atoms with Gasteiger partial charge in [0.2, 0.25) is 10.0 Å². The first kappa shape index (κ1) is 15.4. The number of hydrogen-bond donors (Lipinski definition) is 2. The molecule has 20 heavy (non-hydrogen) atoms. The fraction of sp³-hybridized carbons (Fsp3) is 0.571. The van der Waals surface area contributed by atoms with Gasteiger partial charge in [0.05, 0.1) is 11.5 Å². The van der Waals surface area contributed by atoms with Gasteiger partial charge in [-0.25, -0.2) is 13.1 Å². The molecule has 3 N–H and O–H groups in total. The van der Waals surface area contributed by atoms with Crippen LogP contribution in [0, 0.1) is 12.8 Å². The number of aryl methyl sites for hydroxylation is 1. The van der Waals surface area contributed by atoms with Crippen molar-refractivity contribution in [1.82, 2.24) is 4.72 Å². The monoisotopic (exact) mass is 298 g/mol. The van der Waals surface area contributed by atoms with E-state index in [1.165, 1.54) is 0 Å². The van der Waals surface area contributed by atoms with Crippen LogP contribution in [0.15, 0.2) is 23.1 Å². The Bertz CT molecular complexity index is 566. The average molecular weight is 298 g/mol. The molecule has 0 aromatic heterocycles. The highest BCUT2D eigenvalue weighted by molar-refractivity contribution is 7.89. The molecule has 0 saturated carbocycles. The molecule has 1 aromatic carbocycles. The highest BCUT2D eigenvalue weighted by atomic mass is 32.2. The zero-order valence-electron chi connectivity index (χ0n) is 11.9. The van der Waals surface area contributed by atoms with E-state index in [2.05, 4.69) is 4.72 Å². The maximum Gasteiger partial charge on any atom is 0.240 e. The van der Waals surface area contributed by atoms with Crippen LogP contribution in [0.4, 0.5) is 0 Å². The third-order valence-corrected chi connectivity index (χ3v) is 5.41. The largest absolute Gasteiger partial charge is 0.381 e. The molecule has 5 nitrogen and oxygen atoms in total. The molecule has 6 heteroatoms. The minimum atomic E-state index is -3.49. The van der Waals surface area contributed by atoms with Crippen LogP contribution < -0.4 is 10.5 Å². The molecule has 0 bridgehead atoms. The average Bonchev–Trinajstić information content (AvgIpc) is 2.92. The standard InChI is InChI=1S/C14H22N2O3S/c1-10-7-14(4-3-12(10)8-15)20(17,18)16-11(2)13-5-6-19-9-13/h3-4,7,11,13,16H,5-6,8-9,15H2,1-2H3. The van der Waals surface area contributed by atoms with E-state index in [4.69, 9.17) is 10.5 Å². The van der Waals surface area contributed by atoms with Crippen molar-refractivity contribution in [3.63, 3.8) is 0 Å². The maximum atomic E-state index is 12.4. The van der Waals surface area contributed by atoms with Gasteiger partial charge in [-0.3, -0.25) is 0 Å². The van der Waals surface area contributed by atoms with Crippen molar-refractivity contribution in [2.45, 2.75) is 37.8 Å². The van der Waals surface area contributed by atoms with Gasteiger partial charge in [-0.2, -0.15) is 0 Å². The van der Waals surface area contributed by atoms with E-state index in [0.29, 0.717) is 19.8 Å². The normalized spacial score (nSPS) is 21.1. The predicted octanol–water partition coefficient (Wildman–Crippen LogP) is 1.16. The molecule has 1 fully saturated rings. The van der Waals surface area contributed by atoms with E-state index in [9.17, 15) is 8.42 Å². The van der Waals surface area contributed by atoms with Crippen LogP contribution in [0.3, 0.4) is 0 Å². The second-order valence-electron chi connectivity index (χ2n) is 5.33. The van der Waals surface area contributed by atoms with Crippen LogP contribution >= 0.6 is 0 Å². The van der Waals surface area contributed by atoms with Crippen LogP contribution in [0.1, 0.15) is 24.5 Å². The van der Waals surface area contributed by atoms with Gasteiger partial charge in [-0.05, 0) is 43.5 Å². The van der Waals surface area contributed by atoms with Crippen molar-refractivity contribution in [2.75, 3.05) is 13.2 Å². The molecule has 2 atom stereocenters. The summed E-state index contributed by atoms with van der Waals surface area (Å²) in [4.78, 5) is 0.290. The molecular formula is C14H22N2O3S.